The van der Waals surface area contributed by atoms with Crippen molar-refractivity contribution in [2.75, 3.05) is 26.4 Å². The average molecular weight is 696 g/mol. The van der Waals surface area contributed by atoms with Crippen LogP contribution >= 0.6 is 22.7 Å². The molecule has 0 N–H and O–H groups in total. The molecule has 18 heteroatoms. The van der Waals surface area contributed by atoms with E-state index in [2.05, 4.69) is 0 Å². The van der Waals surface area contributed by atoms with Crippen molar-refractivity contribution in [1.29, 1.82) is 0 Å². The summed E-state index contributed by atoms with van der Waals surface area (Å²) in [6.07, 6.45) is 0. The lowest BCUT2D eigenvalue weighted by molar-refractivity contribution is -0.483. The summed E-state index contributed by atoms with van der Waals surface area (Å²) in [5.74, 6) is -31.6. The van der Waals surface area contributed by atoms with Crippen LogP contribution in [0.1, 0.15) is 41.6 Å². The Labute approximate surface area is 256 Å². The zero-order valence-corrected chi connectivity index (χ0v) is 23.7. The van der Waals surface area contributed by atoms with Crippen LogP contribution in [0.25, 0.3) is 9.75 Å². The van der Waals surface area contributed by atoms with Gasteiger partial charge < -0.3 is 18.9 Å². The third-order valence-corrected chi connectivity index (χ3v) is 9.95. The van der Waals surface area contributed by atoms with Crippen molar-refractivity contribution in [3.05, 3.63) is 102 Å². The van der Waals surface area contributed by atoms with Gasteiger partial charge in [0.25, 0.3) is 11.6 Å². The first-order valence-electron chi connectivity index (χ1n) is 12.7. The molecule has 240 valence electrons. The van der Waals surface area contributed by atoms with E-state index < -0.39 is 102 Å². The molecule has 0 radical (unpaired) electrons. The Bertz CT molecular complexity index is 1830. The van der Waals surface area contributed by atoms with Gasteiger partial charge >= 0.3 is 0 Å². The second-order valence-electron chi connectivity index (χ2n) is 9.88. The molecular weight excluding hydrogens is 686 g/mol. The van der Waals surface area contributed by atoms with Crippen molar-refractivity contribution in [2.24, 2.45) is 0 Å². The third kappa shape index (κ3) is 3.85. The zero-order chi connectivity index (χ0) is 33.0. The summed E-state index contributed by atoms with van der Waals surface area (Å²) in [6, 6.07) is 1.96. The molecule has 7 rings (SSSR count). The molecule has 2 saturated heterocycles. The molecule has 3 aliphatic rings. The highest BCUT2D eigenvalue weighted by molar-refractivity contribution is 7.24. The van der Waals surface area contributed by atoms with Gasteiger partial charge in [0.1, 0.15) is 11.1 Å². The lowest BCUT2D eigenvalue weighted by atomic mass is 9.83. The molecule has 0 amide bonds. The Balaban J connectivity index is 1.45. The van der Waals surface area contributed by atoms with Crippen molar-refractivity contribution in [1.82, 2.24) is 0 Å². The average Bonchev–Trinajstić information content (AvgIpc) is 3.71. The number of fused-ring (bicyclic) bond motifs is 3. The second-order valence-corrected chi connectivity index (χ2v) is 12.0. The fraction of sp³-hybridized carbons (Fsp3) is 0.214. The molecule has 6 nitrogen and oxygen atoms in total. The predicted octanol–water partition coefficient (Wildman–Crippen LogP) is 6.74. The van der Waals surface area contributed by atoms with Crippen LogP contribution < -0.4 is 0 Å². The molecule has 46 heavy (non-hydrogen) atoms. The van der Waals surface area contributed by atoms with Crippen molar-refractivity contribution < 1.29 is 72.4 Å². The molecule has 4 aromatic rings. The molecule has 4 heterocycles. The predicted molar refractivity (Wildman–Crippen MR) is 134 cm³/mol. The lowest BCUT2D eigenvalue weighted by Gasteiger charge is -2.55. The molecule has 2 aromatic heterocycles. The number of hydrogen-bond acceptors (Lipinski definition) is 8. The minimum absolute atomic E-state index is 0.0460. The Morgan fingerprint density at radius 3 is 1.02 bits per heavy atom. The molecule has 2 aromatic carbocycles. The Kier molecular flexibility index (Phi) is 7.01. The molecule has 2 fully saturated rings. The standard InChI is InChI=1S/C28H10F10O6S2/c29-13-11(14(30)18(34)21(37)17(13)33)23(39)9-5-7-25(45-9)26-8(28-27(7,41-1-2-42-28)43-3-4-44-28)6-10(46-26)24(40)12-15(31)19(35)22(38)20(36)16(12)32/h5-6H,1-4H2. The van der Waals surface area contributed by atoms with Crippen LogP contribution in [-0.4, -0.2) is 38.0 Å². The van der Waals surface area contributed by atoms with E-state index in [0.717, 1.165) is 12.1 Å². The van der Waals surface area contributed by atoms with Crippen LogP contribution in [0.3, 0.4) is 0 Å². The highest BCUT2D eigenvalue weighted by Gasteiger charge is 2.67. The molecule has 0 saturated carbocycles. The molecular formula is C28H10F10O6S2. The smallest absolute Gasteiger partial charge is 0.257 e. The molecule has 0 unspecified atom stereocenters. The highest BCUT2D eigenvalue weighted by atomic mass is 32.1. The monoisotopic (exact) mass is 696 g/mol. The number of hydrogen-bond donors (Lipinski definition) is 0. The van der Waals surface area contributed by atoms with E-state index in [1.807, 2.05) is 0 Å². The van der Waals surface area contributed by atoms with Gasteiger partial charge in [-0.25, -0.2) is 43.9 Å². The van der Waals surface area contributed by atoms with Gasteiger partial charge in [-0.05, 0) is 12.1 Å². The Morgan fingerprint density at radius 1 is 0.478 bits per heavy atom. The van der Waals surface area contributed by atoms with E-state index >= 15 is 0 Å². The van der Waals surface area contributed by atoms with Crippen LogP contribution in [0.2, 0.25) is 0 Å². The summed E-state index contributed by atoms with van der Waals surface area (Å²) in [6.45, 7) is -0.678. The molecule has 1 aliphatic carbocycles. The summed E-state index contributed by atoms with van der Waals surface area (Å²) in [5, 5.41) is 0. The fourth-order valence-electron chi connectivity index (χ4n) is 5.56. The van der Waals surface area contributed by atoms with Crippen molar-refractivity contribution in [3.63, 3.8) is 0 Å². The molecule has 0 spiro atoms. The van der Waals surface area contributed by atoms with Gasteiger partial charge in [-0.2, -0.15) is 0 Å². The number of benzene rings is 2. The number of carbonyl (C=O) groups is 2. The van der Waals surface area contributed by atoms with E-state index in [4.69, 9.17) is 18.9 Å². The second kappa shape index (κ2) is 10.4. The normalized spacial score (nSPS) is 21.8. The quantitative estimate of drug-likeness (QED) is 0.102. The fourth-order valence-corrected chi connectivity index (χ4v) is 8.00. The first-order valence-corrected chi connectivity index (χ1v) is 14.4. The Hall–Kier alpha value is -3.68. The molecule has 0 bridgehead atoms. The number of thiophene rings is 2. The van der Waals surface area contributed by atoms with Gasteiger partial charge in [0.15, 0.2) is 46.5 Å². The SMILES string of the molecule is O=C(c1cc2c(s1)-c1sc(C(=O)c3c(F)c(F)c(F)c(F)c3F)cc1C13OCCOC21OCCO3)c1c(F)c(F)c(F)c(F)c1F. The third-order valence-electron chi connectivity index (χ3n) is 7.52. The number of rotatable bonds is 4. The summed E-state index contributed by atoms with van der Waals surface area (Å²) < 4.78 is 165. The van der Waals surface area contributed by atoms with Crippen LogP contribution in [0, 0.1) is 58.2 Å². The number of carbonyl (C=O) groups excluding carboxylic acids is 2. The van der Waals surface area contributed by atoms with Crippen LogP contribution in [0.4, 0.5) is 43.9 Å². The highest BCUT2D eigenvalue weighted by Crippen LogP contribution is 2.63. The summed E-state index contributed by atoms with van der Waals surface area (Å²) >= 11 is 0.880. The minimum Gasteiger partial charge on any atom is -0.339 e. The maximum absolute atomic E-state index is 14.6. The maximum atomic E-state index is 14.6. The largest absolute Gasteiger partial charge is 0.339 e. The van der Waals surface area contributed by atoms with E-state index in [-0.39, 0.29) is 47.3 Å². The van der Waals surface area contributed by atoms with Gasteiger partial charge in [-0.1, -0.05) is 0 Å². The molecule has 0 atom stereocenters. The van der Waals surface area contributed by atoms with Crippen molar-refractivity contribution in [3.8, 4) is 9.75 Å². The van der Waals surface area contributed by atoms with Gasteiger partial charge in [-0.15, -0.1) is 22.7 Å². The number of ketones is 2. The van der Waals surface area contributed by atoms with Gasteiger partial charge in [0, 0.05) is 11.1 Å². The summed E-state index contributed by atoms with van der Waals surface area (Å²) in [4.78, 5) is 25.3. The van der Waals surface area contributed by atoms with Crippen LogP contribution in [0.15, 0.2) is 12.1 Å². The molecule has 2 aliphatic heterocycles. The van der Waals surface area contributed by atoms with E-state index in [1.165, 1.54) is 0 Å². The zero-order valence-electron chi connectivity index (χ0n) is 22.0. The summed E-state index contributed by atoms with van der Waals surface area (Å²) in [5.41, 5.74) is -3.75. The lowest BCUT2D eigenvalue weighted by Crippen LogP contribution is -2.63. The van der Waals surface area contributed by atoms with Crippen molar-refractivity contribution in [2.45, 2.75) is 11.6 Å². The topological polar surface area (TPSA) is 71.1 Å². The van der Waals surface area contributed by atoms with Crippen LogP contribution in [0.5, 0.6) is 0 Å². The maximum Gasteiger partial charge on any atom is 0.257 e. The first kappa shape index (κ1) is 30.9. The first-order chi connectivity index (χ1) is 21.8. The number of ether oxygens (including phenoxy) is 4. The number of halogens is 10. The van der Waals surface area contributed by atoms with E-state index in [9.17, 15) is 53.5 Å². The van der Waals surface area contributed by atoms with Gasteiger partial charge in [0.05, 0.1) is 45.9 Å². The minimum atomic E-state index is -2.49. The van der Waals surface area contributed by atoms with Crippen molar-refractivity contribution >= 4 is 34.2 Å². The van der Waals surface area contributed by atoms with Gasteiger partial charge in [-0.3, -0.25) is 9.59 Å². The van der Waals surface area contributed by atoms with Crippen LogP contribution in [-0.2, 0) is 30.5 Å². The van der Waals surface area contributed by atoms with E-state index in [0.29, 0.717) is 22.7 Å². The Morgan fingerprint density at radius 2 is 0.739 bits per heavy atom. The van der Waals surface area contributed by atoms with E-state index in [1.54, 1.807) is 0 Å². The summed E-state index contributed by atoms with van der Waals surface area (Å²) in [7, 11) is 0. The van der Waals surface area contributed by atoms with Gasteiger partial charge in [0.2, 0.25) is 23.2 Å².